The lowest BCUT2D eigenvalue weighted by atomic mass is 10.1. The molecule has 1 aromatic carbocycles. The van der Waals surface area contributed by atoms with Crippen LogP contribution in [0.4, 0.5) is 5.69 Å². The van der Waals surface area contributed by atoms with E-state index in [0.717, 1.165) is 5.69 Å². The van der Waals surface area contributed by atoms with Gasteiger partial charge >= 0.3 is 11.9 Å². The summed E-state index contributed by atoms with van der Waals surface area (Å²) in [5.74, 6) is -1.39. The van der Waals surface area contributed by atoms with Crippen LogP contribution in [-0.4, -0.2) is 44.1 Å². The van der Waals surface area contributed by atoms with E-state index >= 15 is 0 Å². The fourth-order valence-electron chi connectivity index (χ4n) is 2.02. The quantitative estimate of drug-likeness (QED) is 0.667. The molecule has 0 spiro atoms. The first kappa shape index (κ1) is 19.5. The summed E-state index contributed by atoms with van der Waals surface area (Å²) in [4.78, 5) is 35.7. The maximum atomic E-state index is 12.3. The van der Waals surface area contributed by atoms with E-state index in [-0.39, 0.29) is 26.1 Å². The van der Waals surface area contributed by atoms with Crippen LogP contribution in [0.1, 0.15) is 37.0 Å². The van der Waals surface area contributed by atoms with E-state index in [2.05, 4.69) is 10.6 Å². The SMILES string of the molecule is CCOC(=O)CC[C@H](NC(=O)c1ccc(NC)cc1)C(=O)OCC. The van der Waals surface area contributed by atoms with Crippen LogP contribution in [0.2, 0.25) is 0 Å². The van der Waals surface area contributed by atoms with Crippen LogP contribution in [0.5, 0.6) is 0 Å². The number of amides is 1. The average Bonchev–Trinajstić information content (AvgIpc) is 2.58. The van der Waals surface area contributed by atoms with Crippen molar-refractivity contribution in [1.29, 1.82) is 0 Å². The minimum atomic E-state index is -0.897. The summed E-state index contributed by atoms with van der Waals surface area (Å²) >= 11 is 0. The number of carbonyl (C=O) groups excluding carboxylic acids is 3. The van der Waals surface area contributed by atoms with Gasteiger partial charge in [-0.25, -0.2) is 4.79 Å². The summed E-state index contributed by atoms with van der Waals surface area (Å²) in [5, 5.41) is 5.57. The van der Waals surface area contributed by atoms with Gasteiger partial charge in [0.2, 0.25) is 0 Å². The molecule has 1 amide bonds. The van der Waals surface area contributed by atoms with Crippen molar-refractivity contribution in [1.82, 2.24) is 5.32 Å². The molecule has 0 aliphatic heterocycles. The molecular weight excluding hydrogens is 312 g/mol. The van der Waals surface area contributed by atoms with E-state index in [9.17, 15) is 14.4 Å². The fourth-order valence-corrected chi connectivity index (χ4v) is 2.02. The number of nitrogens with one attached hydrogen (secondary N) is 2. The monoisotopic (exact) mass is 336 g/mol. The lowest BCUT2D eigenvalue weighted by Gasteiger charge is -2.17. The molecule has 0 saturated carbocycles. The van der Waals surface area contributed by atoms with Crippen molar-refractivity contribution in [2.24, 2.45) is 0 Å². The molecule has 0 radical (unpaired) electrons. The Labute approximate surface area is 141 Å². The van der Waals surface area contributed by atoms with Crippen molar-refractivity contribution in [2.75, 3.05) is 25.6 Å². The van der Waals surface area contributed by atoms with E-state index < -0.39 is 23.9 Å². The first-order valence-corrected chi connectivity index (χ1v) is 7.92. The number of hydrogen-bond donors (Lipinski definition) is 2. The van der Waals surface area contributed by atoms with Gasteiger partial charge in [-0.3, -0.25) is 9.59 Å². The first-order chi connectivity index (χ1) is 11.5. The van der Waals surface area contributed by atoms with Crippen molar-refractivity contribution < 1.29 is 23.9 Å². The zero-order chi connectivity index (χ0) is 17.9. The van der Waals surface area contributed by atoms with Gasteiger partial charge < -0.3 is 20.1 Å². The molecule has 132 valence electrons. The molecule has 0 saturated heterocycles. The molecule has 0 aliphatic rings. The number of ether oxygens (including phenoxy) is 2. The summed E-state index contributed by atoms with van der Waals surface area (Å²) in [6.07, 6.45) is 0.147. The minimum Gasteiger partial charge on any atom is -0.466 e. The predicted molar refractivity (Wildman–Crippen MR) is 89.7 cm³/mol. The molecule has 24 heavy (non-hydrogen) atoms. The van der Waals surface area contributed by atoms with Crippen LogP contribution in [0, 0.1) is 0 Å². The van der Waals surface area contributed by atoms with Crippen LogP contribution >= 0.6 is 0 Å². The normalized spacial score (nSPS) is 11.3. The predicted octanol–water partition coefficient (Wildman–Crippen LogP) is 1.73. The lowest BCUT2D eigenvalue weighted by Crippen LogP contribution is -2.42. The second-order valence-electron chi connectivity index (χ2n) is 4.95. The largest absolute Gasteiger partial charge is 0.466 e. The Balaban J connectivity index is 2.72. The maximum absolute atomic E-state index is 12.3. The highest BCUT2D eigenvalue weighted by molar-refractivity contribution is 5.97. The maximum Gasteiger partial charge on any atom is 0.328 e. The topological polar surface area (TPSA) is 93.7 Å². The molecule has 1 atom stereocenters. The highest BCUT2D eigenvalue weighted by Gasteiger charge is 2.23. The summed E-state index contributed by atoms with van der Waals surface area (Å²) in [6, 6.07) is 5.91. The van der Waals surface area contributed by atoms with E-state index in [1.54, 1.807) is 45.2 Å². The van der Waals surface area contributed by atoms with Crippen LogP contribution in [0.15, 0.2) is 24.3 Å². The highest BCUT2D eigenvalue weighted by Crippen LogP contribution is 2.10. The van der Waals surface area contributed by atoms with Gasteiger partial charge in [0.25, 0.3) is 5.91 Å². The molecule has 0 heterocycles. The van der Waals surface area contributed by atoms with Crippen molar-refractivity contribution in [3.63, 3.8) is 0 Å². The second kappa shape index (κ2) is 10.3. The molecular formula is C17H24N2O5. The Bertz CT molecular complexity index is 557. The number of benzene rings is 1. The summed E-state index contributed by atoms with van der Waals surface area (Å²) in [6.45, 7) is 3.85. The van der Waals surface area contributed by atoms with Crippen LogP contribution < -0.4 is 10.6 Å². The molecule has 0 bridgehead atoms. The zero-order valence-electron chi connectivity index (χ0n) is 14.3. The molecule has 0 aliphatic carbocycles. The van der Waals surface area contributed by atoms with Crippen LogP contribution in [-0.2, 0) is 19.1 Å². The summed E-state index contributed by atoms with van der Waals surface area (Å²) in [7, 11) is 1.78. The van der Waals surface area contributed by atoms with E-state index in [0.29, 0.717) is 5.56 Å². The van der Waals surface area contributed by atoms with Crippen LogP contribution in [0.25, 0.3) is 0 Å². The van der Waals surface area contributed by atoms with Gasteiger partial charge in [0, 0.05) is 24.7 Å². The first-order valence-electron chi connectivity index (χ1n) is 7.92. The van der Waals surface area contributed by atoms with Gasteiger partial charge in [0.05, 0.1) is 13.2 Å². The highest BCUT2D eigenvalue weighted by atomic mass is 16.5. The molecule has 2 N–H and O–H groups in total. The third kappa shape index (κ3) is 6.28. The molecule has 0 aromatic heterocycles. The number of rotatable bonds is 9. The van der Waals surface area contributed by atoms with Gasteiger partial charge in [-0.15, -0.1) is 0 Å². The van der Waals surface area contributed by atoms with Gasteiger partial charge in [0.1, 0.15) is 6.04 Å². The molecule has 0 fully saturated rings. The smallest absolute Gasteiger partial charge is 0.328 e. The third-order valence-electron chi connectivity index (χ3n) is 3.25. The molecule has 0 unspecified atom stereocenters. The average molecular weight is 336 g/mol. The Morgan fingerprint density at radius 1 is 1.04 bits per heavy atom. The number of carbonyl (C=O) groups is 3. The third-order valence-corrected chi connectivity index (χ3v) is 3.25. The molecule has 1 aromatic rings. The van der Waals surface area contributed by atoms with E-state index in [1.807, 2.05) is 0 Å². The Hall–Kier alpha value is -2.57. The van der Waals surface area contributed by atoms with Crippen LogP contribution in [0.3, 0.4) is 0 Å². The van der Waals surface area contributed by atoms with Gasteiger partial charge in [-0.1, -0.05) is 0 Å². The van der Waals surface area contributed by atoms with Crippen molar-refractivity contribution in [3.05, 3.63) is 29.8 Å². The van der Waals surface area contributed by atoms with E-state index in [4.69, 9.17) is 9.47 Å². The van der Waals surface area contributed by atoms with Crippen molar-refractivity contribution in [2.45, 2.75) is 32.7 Å². The van der Waals surface area contributed by atoms with Gasteiger partial charge in [0.15, 0.2) is 0 Å². The lowest BCUT2D eigenvalue weighted by molar-refractivity contribution is -0.146. The Morgan fingerprint density at radius 3 is 2.21 bits per heavy atom. The Kier molecular flexibility index (Phi) is 8.32. The summed E-state index contributed by atoms with van der Waals surface area (Å²) < 4.78 is 9.79. The summed E-state index contributed by atoms with van der Waals surface area (Å²) in [5.41, 5.74) is 1.29. The van der Waals surface area contributed by atoms with Gasteiger partial charge in [-0.05, 0) is 44.5 Å². The number of hydrogen-bond acceptors (Lipinski definition) is 6. The van der Waals surface area contributed by atoms with Crippen molar-refractivity contribution >= 4 is 23.5 Å². The number of anilines is 1. The Morgan fingerprint density at radius 2 is 1.67 bits per heavy atom. The van der Waals surface area contributed by atoms with E-state index in [1.165, 1.54) is 0 Å². The molecule has 1 rings (SSSR count). The molecule has 7 heteroatoms. The molecule has 7 nitrogen and oxygen atoms in total. The van der Waals surface area contributed by atoms with Crippen molar-refractivity contribution in [3.8, 4) is 0 Å². The zero-order valence-corrected chi connectivity index (χ0v) is 14.3. The van der Waals surface area contributed by atoms with Gasteiger partial charge in [-0.2, -0.15) is 0 Å². The minimum absolute atomic E-state index is 0.0241. The second-order valence-corrected chi connectivity index (χ2v) is 4.95. The number of esters is 2. The fraction of sp³-hybridized carbons (Fsp3) is 0.471. The standard InChI is InChI=1S/C17H24N2O5/c1-4-23-15(20)11-10-14(17(22)24-5-2)19-16(21)12-6-8-13(18-3)9-7-12/h6-9,14,18H,4-5,10-11H2,1-3H3,(H,19,21)/t14-/m0/s1.